The minimum absolute atomic E-state index is 0.00237. The van der Waals surface area contributed by atoms with Crippen molar-refractivity contribution in [3.63, 3.8) is 0 Å². The Morgan fingerprint density at radius 2 is 1.11 bits per heavy atom. The maximum absolute atomic E-state index is 12.0. The molecular formula is C36H28N8O9S2. The van der Waals surface area contributed by atoms with Gasteiger partial charge in [-0.05, 0) is 96.4 Å². The maximum atomic E-state index is 12.0. The lowest BCUT2D eigenvalue weighted by Gasteiger charge is -2.11. The molecule has 278 valence electrons. The largest absolute Gasteiger partial charge is 0.507 e. The molecule has 0 bridgehead atoms. The molecule has 0 heterocycles. The van der Waals surface area contributed by atoms with Crippen molar-refractivity contribution in [1.29, 1.82) is 0 Å². The molecule has 0 fully saturated rings. The third-order valence-electron chi connectivity index (χ3n) is 8.16. The lowest BCUT2D eigenvalue weighted by molar-refractivity contribution is 0.0693. The van der Waals surface area contributed by atoms with Gasteiger partial charge in [-0.25, -0.2) is 4.79 Å². The molecular weight excluding hydrogens is 753 g/mol. The summed E-state index contributed by atoms with van der Waals surface area (Å²) in [6.07, 6.45) is 0. The van der Waals surface area contributed by atoms with Gasteiger partial charge in [0.2, 0.25) is 0 Å². The first kappa shape index (κ1) is 37.8. The topological polar surface area (TPSA) is 292 Å². The summed E-state index contributed by atoms with van der Waals surface area (Å²) in [6.45, 7) is 1.49. The normalized spacial score (nSPS) is 12.3. The van der Waals surface area contributed by atoms with Crippen LogP contribution >= 0.6 is 0 Å². The standard InChI is InChI=1S/C36H28N8O9S2/c1-19-16-32(55(51,52)53)34(38)35(33(19)37)44-43-30-14-13-29(26-12-11-25(18-27(26)30)54(48,49)50)42-40-23-8-4-21(5-9-23)20-2-6-22(7-3-20)39-41-24-10-15-31(45)28(17-24)36(46)47/h2-18,45H,37-38H2,1H3,(H,46,47)(H,48,49,50)(H,51,52,53). The summed E-state index contributed by atoms with van der Waals surface area (Å²) < 4.78 is 67.1. The number of nitrogen functional groups attached to an aromatic ring is 2. The minimum Gasteiger partial charge on any atom is -0.507 e. The van der Waals surface area contributed by atoms with E-state index in [0.29, 0.717) is 22.4 Å². The minimum atomic E-state index is -4.73. The van der Waals surface area contributed by atoms with Crippen LogP contribution in [0.15, 0.2) is 144 Å². The Bertz CT molecular complexity index is 2830. The number of hydrogen-bond acceptors (Lipinski definition) is 14. The Morgan fingerprint density at radius 1 is 0.582 bits per heavy atom. The van der Waals surface area contributed by atoms with Crippen LogP contribution in [0.5, 0.6) is 5.75 Å². The highest BCUT2D eigenvalue weighted by molar-refractivity contribution is 7.86. The van der Waals surface area contributed by atoms with Gasteiger partial charge in [0, 0.05) is 10.8 Å². The van der Waals surface area contributed by atoms with E-state index >= 15 is 0 Å². The van der Waals surface area contributed by atoms with E-state index in [1.54, 1.807) is 30.3 Å². The van der Waals surface area contributed by atoms with Gasteiger partial charge in [-0.15, -0.1) is 15.3 Å². The highest BCUT2D eigenvalue weighted by atomic mass is 32.2. The van der Waals surface area contributed by atoms with Crippen molar-refractivity contribution < 1.29 is 40.9 Å². The number of aromatic hydroxyl groups is 1. The number of nitrogens with two attached hydrogens (primary N) is 2. The van der Waals surface area contributed by atoms with Crippen LogP contribution in [0.4, 0.5) is 45.5 Å². The summed E-state index contributed by atoms with van der Waals surface area (Å²) in [6, 6.07) is 25.9. The lowest BCUT2D eigenvalue weighted by Crippen LogP contribution is -2.06. The number of anilines is 2. The first-order chi connectivity index (χ1) is 26.0. The summed E-state index contributed by atoms with van der Waals surface area (Å²) >= 11 is 0. The van der Waals surface area contributed by atoms with Crippen molar-refractivity contribution in [3.05, 3.63) is 114 Å². The molecule has 8 N–H and O–H groups in total. The zero-order chi connectivity index (χ0) is 39.7. The van der Waals surface area contributed by atoms with Crippen molar-refractivity contribution in [1.82, 2.24) is 0 Å². The zero-order valence-electron chi connectivity index (χ0n) is 28.3. The molecule has 6 rings (SSSR count). The Kier molecular flexibility index (Phi) is 10.2. The van der Waals surface area contributed by atoms with E-state index in [2.05, 4.69) is 30.7 Å². The molecule has 0 radical (unpaired) electrons. The molecule has 55 heavy (non-hydrogen) atoms. The van der Waals surface area contributed by atoms with Crippen molar-refractivity contribution in [2.24, 2.45) is 30.7 Å². The molecule has 0 aromatic heterocycles. The van der Waals surface area contributed by atoms with Crippen LogP contribution in [0.3, 0.4) is 0 Å². The quantitative estimate of drug-likeness (QED) is 0.0432. The molecule has 0 saturated carbocycles. The fourth-order valence-corrected chi connectivity index (χ4v) is 6.49. The summed E-state index contributed by atoms with van der Waals surface area (Å²) in [5.41, 5.74) is 14.7. The van der Waals surface area contributed by atoms with Gasteiger partial charge in [0.05, 0.1) is 44.7 Å². The van der Waals surface area contributed by atoms with Gasteiger partial charge in [0.15, 0.2) is 0 Å². The second-order valence-corrected chi connectivity index (χ2v) is 14.6. The number of carbonyl (C=O) groups is 1. The Morgan fingerprint density at radius 3 is 1.67 bits per heavy atom. The molecule has 0 aliphatic heterocycles. The third kappa shape index (κ3) is 8.34. The number of azo groups is 3. The van der Waals surface area contributed by atoms with E-state index in [9.17, 15) is 40.9 Å². The van der Waals surface area contributed by atoms with Crippen LogP contribution in [-0.2, 0) is 20.2 Å². The highest BCUT2D eigenvalue weighted by Gasteiger charge is 2.21. The number of nitrogens with zero attached hydrogens (tertiary/aromatic N) is 6. The second-order valence-electron chi connectivity index (χ2n) is 11.8. The summed E-state index contributed by atoms with van der Waals surface area (Å²) in [5, 5.41) is 44.5. The molecule has 17 nitrogen and oxygen atoms in total. The molecule has 0 unspecified atom stereocenters. The van der Waals surface area contributed by atoms with E-state index in [-0.39, 0.29) is 45.0 Å². The molecule has 6 aromatic rings. The second kappa shape index (κ2) is 14.8. The van der Waals surface area contributed by atoms with Gasteiger partial charge in [0.1, 0.15) is 21.9 Å². The Balaban J connectivity index is 1.26. The zero-order valence-corrected chi connectivity index (χ0v) is 29.9. The van der Waals surface area contributed by atoms with Gasteiger partial charge in [-0.1, -0.05) is 30.3 Å². The molecule has 0 atom stereocenters. The van der Waals surface area contributed by atoms with Crippen LogP contribution in [0.1, 0.15) is 15.9 Å². The smallest absolute Gasteiger partial charge is 0.339 e. The number of benzene rings is 6. The lowest BCUT2D eigenvalue weighted by atomic mass is 10.1. The number of carboxylic acid groups (broad SMARTS) is 1. The average Bonchev–Trinajstić information content (AvgIpc) is 3.14. The molecule has 6 aromatic carbocycles. The first-order valence-corrected chi connectivity index (χ1v) is 18.6. The first-order valence-electron chi connectivity index (χ1n) is 15.7. The number of aromatic carboxylic acids is 1. The average molecular weight is 781 g/mol. The number of carboxylic acids is 1. The van der Waals surface area contributed by atoms with Crippen molar-refractivity contribution >= 4 is 82.5 Å². The number of rotatable bonds is 10. The van der Waals surface area contributed by atoms with E-state index in [1.807, 2.05) is 24.3 Å². The van der Waals surface area contributed by atoms with Crippen molar-refractivity contribution in [3.8, 4) is 16.9 Å². The summed E-state index contributed by atoms with van der Waals surface area (Å²) in [5.74, 6) is -1.66. The van der Waals surface area contributed by atoms with Gasteiger partial charge >= 0.3 is 5.97 Å². The maximum Gasteiger partial charge on any atom is 0.339 e. The van der Waals surface area contributed by atoms with Gasteiger partial charge in [-0.3, -0.25) is 9.11 Å². The van der Waals surface area contributed by atoms with E-state index in [4.69, 9.17) is 11.5 Å². The van der Waals surface area contributed by atoms with E-state index in [1.165, 1.54) is 43.3 Å². The van der Waals surface area contributed by atoms with Crippen LogP contribution < -0.4 is 11.5 Å². The van der Waals surface area contributed by atoms with Crippen LogP contribution in [0.2, 0.25) is 0 Å². The van der Waals surface area contributed by atoms with E-state index in [0.717, 1.165) is 23.3 Å². The van der Waals surface area contributed by atoms with Gasteiger partial charge in [-0.2, -0.15) is 32.2 Å². The molecule has 0 aliphatic rings. The number of hydrogen-bond donors (Lipinski definition) is 6. The molecule has 19 heteroatoms. The monoisotopic (exact) mass is 780 g/mol. The van der Waals surface area contributed by atoms with Crippen LogP contribution in [0.25, 0.3) is 21.9 Å². The fraction of sp³-hybridized carbons (Fsp3) is 0.0278. The predicted molar refractivity (Wildman–Crippen MR) is 203 cm³/mol. The third-order valence-corrected chi connectivity index (χ3v) is 9.90. The highest BCUT2D eigenvalue weighted by Crippen LogP contribution is 2.41. The number of aryl methyl sites for hydroxylation is 1. The Labute approximate surface area is 312 Å². The number of phenols is 1. The predicted octanol–water partition coefficient (Wildman–Crippen LogP) is 9.12. The summed E-state index contributed by atoms with van der Waals surface area (Å²) in [7, 11) is -9.36. The van der Waals surface area contributed by atoms with Gasteiger partial charge in [0.25, 0.3) is 20.2 Å². The van der Waals surface area contributed by atoms with E-state index < -0.39 is 41.7 Å². The van der Waals surface area contributed by atoms with Crippen molar-refractivity contribution in [2.75, 3.05) is 11.5 Å². The Hall–Kier alpha value is -6.93. The molecule has 0 amide bonds. The van der Waals surface area contributed by atoms with Crippen LogP contribution in [0, 0.1) is 6.92 Å². The van der Waals surface area contributed by atoms with Crippen LogP contribution in [-0.4, -0.2) is 42.1 Å². The SMILES string of the molecule is Cc1cc(S(=O)(=O)O)c(N)c(N=Nc2ccc(N=Nc3ccc(-c4ccc(N=Nc5ccc(O)c(C(=O)O)c5)cc4)cc3)c3ccc(S(=O)(=O)O)cc23)c1N. The molecule has 0 saturated heterocycles. The summed E-state index contributed by atoms with van der Waals surface area (Å²) in [4.78, 5) is 10.2. The fourth-order valence-electron chi connectivity index (χ4n) is 5.28. The van der Waals surface area contributed by atoms with Crippen molar-refractivity contribution in [2.45, 2.75) is 16.7 Å². The number of fused-ring (bicyclic) bond motifs is 1. The van der Waals surface area contributed by atoms with Gasteiger partial charge < -0.3 is 21.7 Å². The molecule has 0 aliphatic carbocycles. The molecule has 0 spiro atoms.